The molecule has 0 bridgehead atoms. The summed E-state index contributed by atoms with van der Waals surface area (Å²) in [4.78, 5) is 19.6. The first-order valence-corrected chi connectivity index (χ1v) is 12.4. The van der Waals surface area contributed by atoms with Gasteiger partial charge in [0.05, 0.1) is 11.7 Å². The van der Waals surface area contributed by atoms with Crippen molar-refractivity contribution in [3.05, 3.63) is 136 Å². The van der Waals surface area contributed by atoms with Gasteiger partial charge in [-0.25, -0.2) is 0 Å². The zero-order valence-electron chi connectivity index (χ0n) is 19.8. The van der Waals surface area contributed by atoms with Crippen molar-refractivity contribution < 1.29 is 9.53 Å². The smallest absolute Gasteiger partial charge is 0.273 e. The summed E-state index contributed by atoms with van der Waals surface area (Å²) in [6, 6.07) is 29.0. The van der Waals surface area contributed by atoms with Crippen molar-refractivity contribution in [2.75, 3.05) is 0 Å². The molecule has 0 aliphatic carbocycles. The largest absolute Gasteiger partial charge is 0.489 e. The first kappa shape index (κ1) is 23.0. The molecule has 1 aliphatic heterocycles. The molecule has 1 N–H and O–H groups in total. The molecular formula is C30H23ClN4O2. The fraction of sp³-hybridized carbons (Fsp3) is 0.100. The minimum atomic E-state index is -0.316. The van der Waals surface area contributed by atoms with E-state index >= 15 is 0 Å². The van der Waals surface area contributed by atoms with Gasteiger partial charge in [-0.3, -0.25) is 14.9 Å². The van der Waals surface area contributed by atoms with E-state index in [1.54, 1.807) is 12.4 Å². The molecule has 0 saturated heterocycles. The van der Waals surface area contributed by atoms with Gasteiger partial charge in [0.15, 0.2) is 0 Å². The monoisotopic (exact) mass is 506 g/mol. The second kappa shape index (κ2) is 9.91. The van der Waals surface area contributed by atoms with Gasteiger partial charge in [-0.1, -0.05) is 66.2 Å². The zero-order valence-corrected chi connectivity index (χ0v) is 20.6. The van der Waals surface area contributed by atoms with E-state index in [1.165, 1.54) is 0 Å². The summed E-state index contributed by atoms with van der Waals surface area (Å²) in [5.74, 6) is 0.678. The number of fused-ring (bicyclic) bond motifs is 1. The third-order valence-corrected chi connectivity index (χ3v) is 6.78. The molecule has 6 rings (SSSR count). The Balaban J connectivity index is 1.36. The highest BCUT2D eigenvalue weighted by molar-refractivity contribution is 6.30. The fourth-order valence-corrected chi connectivity index (χ4v) is 4.83. The molecule has 1 atom stereocenters. The van der Waals surface area contributed by atoms with Crippen LogP contribution in [0, 0.1) is 0 Å². The van der Waals surface area contributed by atoms with Crippen molar-refractivity contribution in [2.45, 2.75) is 19.2 Å². The summed E-state index contributed by atoms with van der Waals surface area (Å²) in [7, 11) is 0. The molecule has 0 spiro atoms. The Morgan fingerprint density at radius 1 is 0.865 bits per heavy atom. The Hall–Kier alpha value is -4.42. The van der Waals surface area contributed by atoms with Crippen molar-refractivity contribution in [3.8, 4) is 17.0 Å². The number of nitrogens with zero attached hydrogens (tertiary/aromatic N) is 3. The van der Waals surface area contributed by atoms with E-state index in [1.807, 2.05) is 95.9 Å². The molecular weight excluding hydrogens is 484 g/mol. The lowest BCUT2D eigenvalue weighted by Crippen LogP contribution is -2.29. The van der Waals surface area contributed by atoms with Crippen LogP contribution in [0.3, 0.4) is 0 Å². The van der Waals surface area contributed by atoms with Crippen molar-refractivity contribution in [3.63, 3.8) is 0 Å². The van der Waals surface area contributed by atoms with Crippen molar-refractivity contribution >= 4 is 17.5 Å². The quantitative estimate of drug-likeness (QED) is 0.275. The van der Waals surface area contributed by atoms with Crippen LogP contribution in [0.5, 0.6) is 5.75 Å². The van der Waals surface area contributed by atoms with Gasteiger partial charge in [-0.15, -0.1) is 0 Å². The summed E-state index contributed by atoms with van der Waals surface area (Å²) < 4.78 is 5.99. The molecule has 0 saturated carbocycles. The van der Waals surface area contributed by atoms with E-state index in [-0.39, 0.29) is 11.9 Å². The summed E-state index contributed by atoms with van der Waals surface area (Å²) in [6.07, 6.45) is 3.48. The minimum Gasteiger partial charge on any atom is -0.489 e. The second-order valence-corrected chi connectivity index (χ2v) is 9.34. The highest BCUT2D eigenvalue weighted by Crippen LogP contribution is 2.43. The molecule has 7 heteroatoms. The van der Waals surface area contributed by atoms with Crippen molar-refractivity contribution in [2.24, 2.45) is 0 Å². The van der Waals surface area contributed by atoms with Crippen LogP contribution in [0.4, 0.5) is 0 Å². The van der Waals surface area contributed by atoms with Crippen LogP contribution in [0.15, 0.2) is 103 Å². The number of pyridine rings is 1. The minimum absolute atomic E-state index is 0.0890. The van der Waals surface area contributed by atoms with Gasteiger partial charge in [-0.2, -0.15) is 5.10 Å². The molecule has 3 heterocycles. The lowest BCUT2D eigenvalue weighted by molar-refractivity contribution is 0.0730. The Kier molecular flexibility index (Phi) is 6.16. The maximum Gasteiger partial charge on any atom is 0.273 e. The maximum absolute atomic E-state index is 13.6. The SMILES string of the molecule is O=C1c2[nH]nc(-c3ccc(Cl)cc3)c2C(c2ccc(OCc3ccccc3)cc2)N1Cc1ccncc1. The Morgan fingerprint density at radius 2 is 1.59 bits per heavy atom. The summed E-state index contributed by atoms with van der Waals surface area (Å²) in [6.45, 7) is 0.934. The van der Waals surface area contributed by atoms with Crippen LogP contribution >= 0.6 is 11.6 Å². The number of H-pyrrole nitrogens is 1. The van der Waals surface area contributed by atoms with Crippen LogP contribution in [0.1, 0.15) is 38.8 Å². The van der Waals surface area contributed by atoms with Gasteiger partial charge < -0.3 is 9.64 Å². The molecule has 182 valence electrons. The van der Waals surface area contributed by atoms with Crippen LogP contribution in [-0.4, -0.2) is 26.0 Å². The topological polar surface area (TPSA) is 71.1 Å². The molecule has 2 aromatic heterocycles. The van der Waals surface area contributed by atoms with Crippen LogP contribution in [0.25, 0.3) is 11.3 Å². The standard InChI is InChI=1S/C30H23ClN4O2/c31-24-10-6-22(7-11-24)27-26-28(34-33-27)30(36)35(18-20-14-16-32-17-15-20)29(26)23-8-12-25(13-9-23)37-19-21-4-2-1-3-5-21/h1-17,29H,18-19H2,(H,33,34). The second-order valence-electron chi connectivity index (χ2n) is 8.90. The molecule has 1 unspecified atom stereocenters. The fourth-order valence-electron chi connectivity index (χ4n) is 4.71. The Morgan fingerprint density at radius 3 is 2.32 bits per heavy atom. The lowest BCUT2D eigenvalue weighted by atomic mass is 9.96. The predicted molar refractivity (Wildman–Crippen MR) is 142 cm³/mol. The highest BCUT2D eigenvalue weighted by Gasteiger charge is 2.42. The zero-order chi connectivity index (χ0) is 25.2. The van der Waals surface area contributed by atoms with Crippen molar-refractivity contribution in [1.82, 2.24) is 20.1 Å². The van der Waals surface area contributed by atoms with Crippen LogP contribution in [-0.2, 0) is 13.2 Å². The van der Waals surface area contributed by atoms with Gasteiger partial charge in [-0.05, 0) is 53.1 Å². The van der Waals surface area contributed by atoms with Gasteiger partial charge in [0.2, 0.25) is 0 Å². The summed E-state index contributed by atoms with van der Waals surface area (Å²) >= 11 is 6.12. The maximum atomic E-state index is 13.6. The number of amides is 1. The third-order valence-electron chi connectivity index (χ3n) is 6.53. The number of nitrogens with one attached hydrogen (secondary N) is 1. The predicted octanol–water partition coefficient (Wildman–Crippen LogP) is 6.45. The molecule has 0 fully saturated rings. The third kappa shape index (κ3) is 4.59. The van der Waals surface area contributed by atoms with E-state index in [0.717, 1.165) is 39.3 Å². The Bertz CT molecular complexity index is 1520. The van der Waals surface area contributed by atoms with Crippen molar-refractivity contribution in [1.29, 1.82) is 0 Å². The number of benzene rings is 3. The summed E-state index contributed by atoms with van der Waals surface area (Å²) in [5.41, 5.74) is 6.09. The first-order valence-electron chi connectivity index (χ1n) is 12.0. The number of halogens is 1. The number of rotatable bonds is 7. The molecule has 3 aromatic carbocycles. The first-order chi connectivity index (χ1) is 18.2. The molecule has 0 radical (unpaired) electrons. The number of carbonyl (C=O) groups is 1. The highest BCUT2D eigenvalue weighted by atomic mass is 35.5. The molecule has 1 amide bonds. The molecule has 37 heavy (non-hydrogen) atoms. The number of carbonyl (C=O) groups excluding carboxylic acids is 1. The number of aromatic amines is 1. The number of hydrogen-bond donors (Lipinski definition) is 1. The summed E-state index contributed by atoms with van der Waals surface area (Å²) in [5, 5.41) is 8.19. The van der Waals surface area contributed by atoms with E-state index < -0.39 is 0 Å². The number of hydrogen-bond acceptors (Lipinski definition) is 4. The number of aromatic nitrogens is 3. The van der Waals surface area contributed by atoms with Gasteiger partial charge in [0.1, 0.15) is 18.1 Å². The molecule has 5 aromatic rings. The van der Waals surface area contributed by atoms with E-state index in [0.29, 0.717) is 23.9 Å². The van der Waals surface area contributed by atoms with Gasteiger partial charge >= 0.3 is 0 Å². The van der Waals surface area contributed by atoms with Crippen LogP contribution < -0.4 is 4.74 Å². The Labute approximate surface area is 219 Å². The lowest BCUT2D eigenvalue weighted by Gasteiger charge is -2.26. The van der Waals surface area contributed by atoms with Crippen LogP contribution in [0.2, 0.25) is 5.02 Å². The normalized spacial score (nSPS) is 14.6. The van der Waals surface area contributed by atoms with E-state index in [2.05, 4.69) is 15.2 Å². The number of ether oxygens (including phenoxy) is 1. The van der Waals surface area contributed by atoms with Gasteiger partial charge in [0.25, 0.3) is 5.91 Å². The average Bonchev–Trinajstić information content (AvgIpc) is 3.48. The van der Waals surface area contributed by atoms with E-state index in [4.69, 9.17) is 16.3 Å². The van der Waals surface area contributed by atoms with Gasteiger partial charge in [0, 0.05) is 35.1 Å². The molecule has 1 aliphatic rings. The van der Waals surface area contributed by atoms with E-state index in [9.17, 15) is 4.79 Å². The average molecular weight is 507 g/mol. The molecule has 6 nitrogen and oxygen atoms in total.